The minimum absolute atomic E-state index is 0.236. The molecule has 6 nitrogen and oxygen atoms in total. The first-order valence-electron chi connectivity index (χ1n) is 8.59. The quantitative estimate of drug-likeness (QED) is 0.624. The Morgan fingerprint density at radius 3 is 2.77 bits per heavy atom. The fourth-order valence-corrected chi connectivity index (χ4v) is 3.77. The standard InChI is InChI=1S/C18H19Cl2N5O/c19-13-2-1-3-14(20)12(13)10-25-17-15(23-18(25)26)4-5-16(24-17)22-9-11-6-7-21-8-11/h1-5,11,21H,6-10H2,(H,22,24)(H,23,26)/t11-/m1/s1. The maximum absolute atomic E-state index is 12.4. The number of aromatic nitrogens is 3. The van der Waals surface area contributed by atoms with E-state index in [1.165, 1.54) is 0 Å². The number of hydrogen-bond acceptors (Lipinski definition) is 4. The topological polar surface area (TPSA) is 74.7 Å². The molecule has 0 saturated carbocycles. The highest BCUT2D eigenvalue weighted by molar-refractivity contribution is 6.36. The molecule has 2 aromatic heterocycles. The predicted octanol–water partition coefficient (Wildman–Crippen LogP) is 3.10. The largest absolute Gasteiger partial charge is 0.370 e. The van der Waals surface area contributed by atoms with Gasteiger partial charge in [-0.25, -0.2) is 9.78 Å². The molecule has 1 aliphatic rings. The smallest absolute Gasteiger partial charge is 0.327 e. The van der Waals surface area contributed by atoms with Crippen molar-refractivity contribution in [3.8, 4) is 0 Å². The Morgan fingerprint density at radius 1 is 1.23 bits per heavy atom. The maximum atomic E-state index is 12.4. The molecule has 0 bridgehead atoms. The summed E-state index contributed by atoms with van der Waals surface area (Å²) in [4.78, 5) is 19.9. The van der Waals surface area contributed by atoms with Crippen LogP contribution in [0.5, 0.6) is 0 Å². The molecule has 0 unspecified atom stereocenters. The summed E-state index contributed by atoms with van der Waals surface area (Å²) in [6.45, 7) is 3.21. The summed E-state index contributed by atoms with van der Waals surface area (Å²) >= 11 is 12.5. The van der Waals surface area contributed by atoms with Gasteiger partial charge in [-0.05, 0) is 49.7 Å². The Morgan fingerprint density at radius 2 is 2.04 bits per heavy atom. The van der Waals surface area contributed by atoms with Gasteiger partial charge >= 0.3 is 5.69 Å². The van der Waals surface area contributed by atoms with Crippen molar-refractivity contribution in [3.05, 3.63) is 56.4 Å². The van der Waals surface area contributed by atoms with Crippen LogP contribution >= 0.6 is 23.2 Å². The normalized spacial score (nSPS) is 17.1. The zero-order valence-electron chi connectivity index (χ0n) is 14.1. The van der Waals surface area contributed by atoms with Crippen LogP contribution < -0.4 is 16.3 Å². The van der Waals surface area contributed by atoms with E-state index in [4.69, 9.17) is 23.2 Å². The van der Waals surface area contributed by atoms with Gasteiger partial charge < -0.3 is 15.6 Å². The molecular weight excluding hydrogens is 373 g/mol. The summed E-state index contributed by atoms with van der Waals surface area (Å²) in [5, 5.41) is 7.78. The number of nitrogens with one attached hydrogen (secondary N) is 3. The van der Waals surface area contributed by atoms with Crippen molar-refractivity contribution >= 4 is 40.2 Å². The molecule has 3 heterocycles. The molecule has 136 valence electrons. The summed E-state index contributed by atoms with van der Waals surface area (Å²) in [5.41, 5.74) is 1.74. The number of anilines is 1. The van der Waals surface area contributed by atoms with Crippen molar-refractivity contribution in [1.82, 2.24) is 19.9 Å². The zero-order chi connectivity index (χ0) is 18.1. The monoisotopic (exact) mass is 391 g/mol. The van der Waals surface area contributed by atoms with Gasteiger partial charge in [0.2, 0.25) is 0 Å². The fraction of sp³-hybridized carbons (Fsp3) is 0.333. The van der Waals surface area contributed by atoms with Gasteiger partial charge in [-0.2, -0.15) is 0 Å². The molecule has 8 heteroatoms. The van der Waals surface area contributed by atoms with Gasteiger partial charge in [-0.1, -0.05) is 29.3 Å². The minimum Gasteiger partial charge on any atom is -0.370 e. The average Bonchev–Trinajstić information content (AvgIpc) is 3.24. The lowest BCUT2D eigenvalue weighted by molar-refractivity contribution is 0.614. The number of fused-ring (bicyclic) bond motifs is 1. The number of pyridine rings is 1. The second kappa shape index (κ2) is 7.31. The molecule has 0 radical (unpaired) electrons. The van der Waals surface area contributed by atoms with E-state index in [1.54, 1.807) is 22.8 Å². The summed E-state index contributed by atoms with van der Waals surface area (Å²) in [5.74, 6) is 1.35. The summed E-state index contributed by atoms with van der Waals surface area (Å²) < 4.78 is 1.56. The molecule has 1 fully saturated rings. The second-order valence-electron chi connectivity index (χ2n) is 6.52. The summed E-state index contributed by atoms with van der Waals surface area (Å²) in [6.07, 6.45) is 1.16. The van der Waals surface area contributed by atoms with Gasteiger partial charge in [0.15, 0.2) is 5.65 Å². The third-order valence-corrected chi connectivity index (χ3v) is 5.44. The fourth-order valence-electron chi connectivity index (χ4n) is 3.25. The van der Waals surface area contributed by atoms with E-state index in [-0.39, 0.29) is 12.2 Å². The molecule has 3 N–H and O–H groups in total. The van der Waals surface area contributed by atoms with Crippen LogP contribution in [-0.4, -0.2) is 34.2 Å². The number of aromatic amines is 1. The van der Waals surface area contributed by atoms with Crippen LogP contribution in [0.2, 0.25) is 10.0 Å². The highest BCUT2D eigenvalue weighted by Gasteiger charge is 2.16. The van der Waals surface area contributed by atoms with E-state index in [0.717, 1.165) is 31.9 Å². The van der Waals surface area contributed by atoms with Gasteiger partial charge in [-0.3, -0.25) is 4.57 Å². The van der Waals surface area contributed by atoms with E-state index in [1.807, 2.05) is 12.1 Å². The lowest BCUT2D eigenvalue weighted by Gasteiger charge is -2.11. The van der Waals surface area contributed by atoms with E-state index in [0.29, 0.717) is 32.7 Å². The number of halogens is 2. The molecule has 1 aromatic carbocycles. The number of rotatable bonds is 5. The van der Waals surface area contributed by atoms with Crippen LogP contribution in [-0.2, 0) is 6.54 Å². The molecule has 1 aliphatic heterocycles. The number of nitrogens with zero attached hydrogens (tertiary/aromatic N) is 2. The van der Waals surface area contributed by atoms with Gasteiger partial charge in [0.25, 0.3) is 0 Å². The van der Waals surface area contributed by atoms with Crippen molar-refractivity contribution in [2.45, 2.75) is 13.0 Å². The maximum Gasteiger partial charge on any atom is 0.327 e. The van der Waals surface area contributed by atoms with Gasteiger partial charge in [-0.15, -0.1) is 0 Å². The Kier molecular flexibility index (Phi) is 4.89. The van der Waals surface area contributed by atoms with Crippen LogP contribution in [0.1, 0.15) is 12.0 Å². The third kappa shape index (κ3) is 3.45. The van der Waals surface area contributed by atoms with Crippen LogP contribution in [0, 0.1) is 5.92 Å². The Bertz CT molecular complexity index is 971. The van der Waals surface area contributed by atoms with Crippen LogP contribution in [0.15, 0.2) is 35.1 Å². The average molecular weight is 392 g/mol. The third-order valence-electron chi connectivity index (χ3n) is 4.73. The van der Waals surface area contributed by atoms with Crippen molar-refractivity contribution in [2.75, 3.05) is 25.0 Å². The summed E-state index contributed by atoms with van der Waals surface area (Å²) in [7, 11) is 0. The highest BCUT2D eigenvalue weighted by atomic mass is 35.5. The summed E-state index contributed by atoms with van der Waals surface area (Å²) in [6, 6.07) is 9.05. The predicted molar refractivity (Wildman–Crippen MR) is 105 cm³/mol. The van der Waals surface area contributed by atoms with E-state index in [2.05, 4.69) is 20.6 Å². The lowest BCUT2D eigenvalue weighted by Crippen LogP contribution is -2.19. The van der Waals surface area contributed by atoms with Crippen molar-refractivity contribution in [1.29, 1.82) is 0 Å². The van der Waals surface area contributed by atoms with Crippen molar-refractivity contribution < 1.29 is 0 Å². The minimum atomic E-state index is -0.236. The first kappa shape index (κ1) is 17.4. The van der Waals surface area contributed by atoms with Gasteiger partial charge in [0.1, 0.15) is 5.82 Å². The molecule has 3 aromatic rings. The van der Waals surface area contributed by atoms with E-state index >= 15 is 0 Å². The van der Waals surface area contributed by atoms with Gasteiger partial charge in [0.05, 0.1) is 12.1 Å². The number of benzene rings is 1. The first-order chi connectivity index (χ1) is 12.6. The van der Waals surface area contributed by atoms with Gasteiger partial charge in [0, 0.05) is 22.2 Å². The molecule has 0 spiro atoms. The molecule has 1 saturated heterocycles. The van der Waals surface area contributed by atoms with Crippen LogP contribution in [0.4, 0.5) is 5.82 Å². The Balaban J connectivity index is 1.64. The van der Waals surface area contributed by atoms with E-state index in [9.17, 15) is 4.79 Å². The number of H-pyrrole nitrogens is 1. The first-order valence-corrected chi connectivity index (χ1v) is 9.34. The van der Waals surface area contributed by atoms with Crippen molar-refractivity contribution in [2.24, 2.45) is 5.92 Å². The van der Waals surface area contributed by atoms with E-state index < -0.39 is 0 Å². The SMILES string of the molecule is O=c1[nH]c2ccc(NC[C@@H]3CCNC3)nc2n1Cc1c(Cl)cccc1Cl. The molecule has 26 heavy (non-hydrogen) atoms. The number of hydrogen-bond donors (Lipinski definition) is 3. The lowest BCUT2D eigenvalue weighted by atomic mass is 10.1. The van der Waals surface area contributed by atoms with Crippen molar-refractivity contribution in [3.63, 3.8) is 0 Å². The Labute approximate surface area is 160 Å². The van der Waals surface area contributed by atoms with Crippen LogP contribution in [0.25, 0.3) is 11.2 Å². The van der Waals surface area contributed by atoms with Crippen LogP contribution in [0.3, 0.4) is 0 Å². The Hall–Kier alpha value is -2.02. The molecule has 0 amide bonds. The number of imidazole rings is 1. The molecule has 1 atom stereocenters. The highest BCUT2D eigenvalue weighted by Crippen LogP contribution is 2.25. The molecular formula is C18H19Cl2N5O. The molecule has 4 rings (SSSR count). The zero-order valence-corrected chi connectivity index (χ0v) is 15.6. The molecule has 0 aliphatic carbocycles. The second-order valence-corrected chi connectivity index (χ2v) is 7.34.